The third-order valence-corrected chi connectivity index (χ3v) is 2.95. The second-order valence-electron chi connectivity index (χ2n) is 4.08. The number of anilines is 1. The molecule has 7 nitrogen and oxygen atoms in total. The summed E-state index contributed by atoms with van der Waals surface area (Å²) in [5.74, 6) is -1.11. The number of nitrogens with one attached hydrogen (secondary N) is 1. The zero-order valence-electron chi connectivity index (χ0n) is 10.4. The topological polar surface area (TPSA) is 113 Å². The Morgan fingerprint density at radius 3 is 2.43 bits per heavy atom. The van der Waals surface area contributed by atoms with Gasteiger partial charge in [0.05, 0.1) is 15.6 Å². The molecule has 108 valence electrons. The molecule has 3 N–H and O–H groups in total. The van der Waals surface area contributed by atoms with Gasteiger partial charge in [0.25, 0.3) is 11.6 Å². The second-order valence-corrected chi connectivity index (χ2v) is 4.49. The van der Waals surface area contributed by atoms with Crippen LogP contribution < -0.4 is 5.32 Å². The number of nitrogens with zero attached hydrogens (tertiary/aromatic N) is 1. The molecule has 21 heavy (non-hydrogen) atoms. The molecule has 0 fully saturated rings. The summed E-state index contributed by atoms with van der Waals surface area (Å²) in [6.45, 7) is 0. The van der Waals surface area contributed by atoms with Crippen LogP contribution in [0.1, 0.15) is 10.4 Å². The second kappa shape index (κ2) is 5.68. The number of nitro benzene ring substituents is 1. The minimum Gasteiger partial charge on any atom is -0.506 e. The number of phenolic OH excluding ortho intramolecular Hbond substituents is 2. The zero-order valence-corrected chi connectivity index (χ0v) is 11.2. The molecule has 0 aromatic heterocycles. The number of rotatable bonds is 3. The maximum absolute atomic E-state index is 12.0. The van der Waals surface area contributed by atoms with Crippen LogP contribution in [0.25, 0.3) is 0 Å². The van der Waals surface area contributed by atoms with Crippen molar-refractivity contribution in [3.63, 3.8) is 0 Å². The molecule has 0 bridgehead atoms. The Balaban J connectivity index is 2.28. The molecule has 0 heterocycles. The molecule has 0 atom stereocenters. The molecule has 0 aliphatic rings. The van der Waals surface area contributed by atoms with Gasteiger partial charge < -0.3 is 15.5 Å². The molecule has 1 amide bonds. The van der Waals surface area contributed by atoms with Crippen molar-refractivity contribution in [1.82, 2.24) is 0 Å². The van der Waals surface area contributed by atoms with E-state index in [4.69, 9.17) is 11.6 Å². The fourth-order valence-electron chi connectivity index (χ4n) is 1.58. The number of benzene rings is 2. The third kappa shape index (κ3) is 3.21. The standard InChI is InChI=1S/C13H9ClN2O5/c14-9-5-7(1-3-11(9)17)13(19)15-10-6-8(16(20)21)2-4-12(10)18/h1-6,17-18H,(H,15,19). The minimum atomic E-state index is -0.646. The summed E-state index contributed by atoms with van der Waals surface area (Å²) in [7, 11) is 0. The molecule has 2 rings (SSSR count). The van der Waals surface area contributed by atoms with Crippen LogP contribution >= 0.6 is 11.6 Å². The number of carbonyl (C=O) groups is 1. The molecule has 0 saturated carbocycles. The fraction of sp³-hybridized carbons (Fsp3) is 0. The van der Waals surface area contributed by atoms with Crippen LogP contribution in [0.4, 0.5) is 11.4 Å². The molecule has 0 aliphatic heterocycles. The summed E-state index contributed by atoms with van der Waals surface area (Å²) < 4.78 is 0. The Morgan fingerprint density at radius 2 is 1.81 bits per heavy atom. The van der Waals surface area contributed by atoms with Crippen molar-refractivity contribution in [1.29, 1.82) is 0 Å². The van der Waals surface area contributed by atoms with Gasteiger partial charge in [-0.05, 0) is 24.3 Å². The lowest BCUT2D eigenvalue weighted by atomic mass is 10.2. The van der Waals surface area contributed by atoms with Crippen molar-refractivity contribution in [2.45, 2.75) is 0 Å². The summed E-state index contributed by atoms with van der Waals surface area (Å²) >= 11 is 5.69. The van der Waals surface area contributed by atoms with Crippen molar-refractivity contribution in [2.24, 2.45) is 0 Å². The number of non-ortho nitro benzene ring substituents is 1. The van der Waals surface area contributed by atoms with Crippen LogP contribution in [0.15, 0.2) is 36.4 Å². The predicted octanol–water partition coefficient (Wildman–Crippen LogP) is 2.91. The van der Waals surface area contributed by atoms with Crippen LogP contribution in [-0.2, 0) is 0 Å². The maximum atomic E-state index is 12.0. The van der Waals surface area contributed by atoms with Crippen molar-refractivity contribution in [2.75, 3.05) is 5.32 Å². The average molecular weight is 309 g/mol. The molecular weight excluding hydrogens is 300 g/mol. The number of aromatic hydroxyl groups is 2. The minimum absolute atomic E-state index is 0.00841. The average Bonchev–Trinajstić information content (AvgIpc) is 2.43. The van der Waals surface area contributed by atoms with Gasteiger partial charge in [0, 0.05) is 17.7 Å². The van der Waals surface area contributed by atoms with E-state index >= 15 is 0 Å². The molecule has 0 saturated heterocycles. The quantitative estimate of drug-likeness (QED) is 0.458. The smallest absolute Gasteiger partial charge is 0.271 e. The van der Waals surface area contributed by atoms with Gasteiger partial charge in [0.2, 0.25) is 0 Å². The van der Waals surface area contributed by atoms with Gasteiger partial charge in [-0.2, -0.15) is 0 Å². The highest BCUT2D eigenvalue weighted by Crippen LogP contribution is 2.29. The maximum Gasteiger partial charge on any atom is 0.271 e. The van der Waals surface area contributed by atoms with Crippen LogP contribution in [-0.4, -0.2) is 21.0 Å². The summed E-state index contributed by atoms with van der Waals surface area (Å²) in [5.41, 5.74) is -0.242. The Hall–Kier alpha value is -2.80. The lowest BCUT2D eigenvalue weighted by Crippen LogP contribution is -2.12. The van der Waals surface area contributed by atoms with Gasteiger partial charge in [-0.1, -0.05) is 11.6 Å². The summed E-state index contributed by atoms with van der Waals surface area (Å²) in [6.07, 6.45) is 0. The van der Waals surface area contributed by atoms with Crippen LogP contribution in [0.2, 0.25) is 5.02 Å². The van der Waals surface area contributed by atoms with Gasteiger partial charge >= 0.3 is 0 Å². The molecular formula is C13H9ClN2O5. The first-order chi connectivity index (χ1) is 9.88. The first kappa shape index (κ1) is 14.6. The zero-order chi connectivity index (χ0) is 15.6. The van der Waals surface area contributed by atoms with E-state index < -0.39 is 10.8 Å². The van der Waals surface area contributed by atoms with Crippen molar-refractivity contribution < 1.29 is 19.9 Å². The van der Waals surface area contributed by atoms with E-state index in [0.717, 1.165) is 18.2 Å². The number of amides is 1. The number of hydrogen-bond donors (Lipinski definition) is 3. The SMILES string of the molecule is O=C(Nc1cc([N+](=O)[O-])ccc1O)c1ccc(O)c(Cl)c1. The first-order valence-corrected chi connectivity index (χ1v) is 6.03. The van der Waals surface area contributed by atoms with E-state index in [9.17, 15) is 25.1 Å². The predicted molar refractivity (Wildman–Crippen MR) is 75.8 cm³/mol. The van der Waals surface area contributed by atoms with Crippen LogP contribution in [0.5, 0.6) is 11.5 Å². The molecule has 2 aromatic rings. The molecule has 2 aromatic carbocycles. The van der Waals surface area contributed by atoms with E-state index in [0.29, 0.717) is 0 Å². The monoisotopic (exact) mass is 308 g/mol. The molecule has 0 aliphatic carbocycles. The number of nitro groups is 1. The molecule has 8 heteroatoms. The Labute approximate surface area is 123 Å². The van der Waals surface area contributed by atoms with Crippen molar-refractivity contribution in [3.8, 4) is 11.5 Å². The van der Waals surface area contributed by atoms with E-state index in [-0.39, 0.29) is 33.5 Å². The normalized spacial score (nSPS) is 10.1. The molecule has 0 unspecified atom stereocenters. The summed E-state index contributed by atoms with van der Waals surface area (Å²) in [4.78, 5) is 22.0. The summed E-state index contributed by atoms with van der Waals surface area (Å²) in [6, 6.07) is 7.06. The largest absolute Gasteiger partial charge is 0.506 e. The van der Waals surface area contributed by atoms with Gasteiger partial charge in [0.1, 0.15) is 11.5 Å². The summed E-state index contributed by atoms with van der Waals surface area (Å²) in [5, 5.41) is 31.9. The Kier molecular flexibility index (Phi) is 3.95. The Morgan fingerprint density at radius 1 is 1.14 bits per heavy atom. The van der Waals surface area contributed by atoms with E-state index in [1.54, 1.807) is 0 Å². The third-order valence-electron chi connectivity index (χ3n) is 2.65. The van der Waals surface area contributed by atoms with Crippen LogP contribution in [0.3, 0.4) is 0 Å². The van der Waals surface area contributed by atoms with E-state index in [1.807, 2.05) is 0 Å². The highest BCUT2D eigenvalue weighted by atomic mass is 35.5. The first-order valence-electron chi connectivity index (χ1n) is 5.66. The highest BCUT2D eigenvalue weighted by molar-refractivity contribution is 6.32. The van der Waals surface area contributed by atoms with Crippen molar-refractivity contribution in [3.05, 3.63) is 57.1 Å². The van der Waals surface area contributed by atoms with E-state index in [1.165, 1.54) is 18.2 Å². The lowest BCUT2D eigenvalue weighted by molar-refractivity contribution is -0.384. The molecule has 0 spiro atoms. The number of phenols is 2. The van der Waals surface area contributed by atoms with E-state index in [2.05, 4.69) is 5.32 Å². The van der Waals surface area contributed by atoms with Crippen molar-refractivity contribution >= 4 is 28.9 Å². The van der Waals surface area contributed by atoms with Crippen LogP contribution in [0, 0.1) is 10.1 Å². The van der Waals surface area contributed by atoms with Gasteiger partial charge in [-0.25, -0.2) is 0 Å². The number of carbonyl (C=O) groups excluding carboxylic acids is 1. The fourth-order valence-corrected chi connectivity index (χ4v) is 1.76. The van der Waals surface area contributed by atoms with Gasteiger partial charge in [-0.15, -0.1) is 0 Å². The Bertz CT molecular complexity index is 732. The number of hydrogen-bond acceptors (Lipinski definition) is 5. The van der Waals surface area contributed by atoms with Gasteiger partial charge in [-0.3, -0.25) is 14.9 Å². The molecule has 0 radical (unpaired) electrons. The lowest BCUT2D eigenvalue weighted by Gasteiger charge is -2.08. The van der Waals surface area contributed by atoms with Gasteiger partial charge in [0.15, 0.2) is 0 Å². The number of halogens is 1. The highest BCUT2D eigenvalue weighted by Gasteiger charge is 2.14.